The van der Waals surface area contributed by atoms with E-state index in [9.17, 15) is 9.59 Å². The zero-order chi connectivity index (χ0) is 11.3. The standard InChI is InChI=1S/C10H17NO4/c1-7(5-9(12)13)11-10(14)8-3-2-4-15-6-8/h7-8H,2-6H2,1H3,(H,11,14)(H,12,13)/t7-,8?/m1/s1. The molecule has 1 fully saturated rings. The number of hydrogen-bond donors (Lipinski definition) is 2. The molecule has 0 aromatic carbocycles. The van der Waals surface area contributed by atoms with Crippen molar-refractivity contribution >= 4 is 11.9 Å². The summed E-state index contributed by atoms with van der Waals surface area (Å²) >= 11 is 0. The number of carbonyl (C=O) groups excluding carboxylic acids is 1. The fourth-order valence-corrected chi connectivity index (χ4v) is 1.62. The Bertz CT molecular complexity index is 236. The molecule has 0 saturated carbocycles. The molecule has 15 heavy (non-hydrogen) atoms. The molecule has 1 aliphatic rings. The topological polar surface area (TPSA) is 75.6 Å². The fraction of sp³-hybridized carbons (Fsp3) is 0.800. The fourth-order valence-electron chi connectivity index (χ4n) is 1.62. The Labute approximate surface area is 88.8 Å². The van der Waals surface area contributed by atoms with Crippen LogP contribution < -0.4 is 5.32 Å². The van der Waals surface area contributed by atoms with E-state index < -0.39 is 5.97 Å². The first-order valence-electron chi connectivity index (χ1n) is 5.19. The number of ether oxygens (including phenoxy) is 1. The molecule has 1 amide bonds. The smallest absolute Gasteiger partial charge is 0.305 e. The van der Waals surface area contributed by atoms with Gasteiger partial charge in [-0.1, -0.05) is 0 Å². The number of carbonyl (C=O) groups is 2. The Morgan fingerprint density at radius 2 is 2.33 bits per heavy atom. The predicted molar refractivity (Wildman–Crippen MR) is 53.4 cm³/mol. The van der Waals surface area contributed by atoms with Crippen molar-refractivity contribution in [3.05, 3.63) is 0 Å². The van der Waals surface area contributed by atoms with Crippen molar-refractivity contribution in [2.24, 2.45) is 5.92 Å². The van der Waals surface area contributed by atoms with Gasteiger partial charge in [-0.2, -0.15) is 0 Å². The molecule has 0 aromatic heterocycles. The van der Waals surface area contributed by atoms with Gasteiger partial charge in [0.2, 0.25) is 5.91 Å². The van der Waals surface area contributed by atoms with Crippen LogP contribution in [0.25, 0.3) is 0 Å². The van der Waals surface area contributed by atoms with Gasteiger partial charge in [0, 0.05) is 12.6 Å². The van der Waals surface area contributed by atoms with Crippen LogP contribution in [-0.2, 0) is 14.3 Å². The minimum atomic E-state index is -0.900. The van der Waals surface area contributed by atoms with Crippen LogP contribution >= 0.6 is 0 Å². The summed E-state index contributed by atoms with van der Waals surface area (Å²) in [4.78, 5) is 22.0. The molecule has 5 heteroatoms. The first-order valence-corrected chi connectivity index (χ1v) is 5.19. The highest BCUT2D eigenvalue weighted by atomic mass is 16.5. The molecule has 0 bridgehead atoms. The van der Waals surface area contributed by atoms with Crippen LogP contribution in [-0.4, -0.2) is 36.2 Å². The number of aliphatic carboxylic acids is 1. The summed E-state index contributed by atoms with van der Waals surface area (Å²) in [5.74, 6) is -1.11. The predicted octanol–water partition coefficient (Wildman–Crippen LogP) is 0.392. The van der Waals surface area contributed by atoms with Crippen LogP contribution in [0.15, 0.2) is 0 Å². The second-order valence-electron chi connectivity index (χ2n) is 3.92. The van der Waals surface area contributed by atoms with Gasteiger partial charge in [0.15, 0.2) is 0 Å². The molecule has 1 rings (SSSR count). The van der Waals surface area contributed by atoms with Crippen molar-refractivity contribution in [3.63, 3.8) is 0 Å². The second kappa shape index (κ2) is 5.70. The SMILES string of the molecule is C[C@H](CC(=O)O)NC(=O)C1CCCOC1. The second-order valence-corrected chi connectivity index (χ2v) is 3.92. The maximum Gasteiger partial charge on any atom is 0.305 e. The number of carboxylic acids is 1. The molecule has 0 radical (unpaired) electrons. The molecule has 0 spiro atoms. The third-order valence-electron chi connectivity index (χ3n) is 2.40. The van der Waals surface area contributed by atoms with Gasteiger partial charge in [0.25, 0.3) is 0 Å². The van der Waals surface area contributed by atoms with Crippen LogP contribution in [0, 0.1) is 5.92 Å². The monoisotopic (exact) mass is 215 g/mol. The molecule has 5 nitrogen and oxygen atoms in total. The number of amides is 1. The van der Waals surface area contributed by atoms with Gasteiger partial charge < -0.3 is 15.2 Å². The van der Waals surface area contributed by atoms with Crippen LogP contribution in [0.4, 0.5) is 0 Å². The van der Waals surface area contributed by atoms with Crippen LogP contribution in [0.3, 0.4) is 0 Å². The average molecular weight is 215 g/mol. The zero-order valence-corrected chi connectivity index (χ0v) is 8.86. The highest BCUT2D eigenvalue weighted by Crippen LogP contribution is 2.13. The van der Waals surface area contributed by atoms with Crippen molar-refractivity contribution in [3.8, 4) is 0 Å². The van der Waals surface area contributed by atoms with Gasteiger partial charge >= 0.3 is 5.97 Å². The molecule has 1 saturated heterocycles. The molecular weight excluding hydrogens is 198 g/mol. The van der Waals surface area contributed by atoms with E-state index in [2.05, 4.69) is 5.32 Å². The summed E-state index contributed by atoms with van der Waals surface area (Å²) in [5.41, 5.74) is 0. The van der Waals surface area contributed by atoms with Gasteiger partial charge in [-0.3, -0.25) is 9.59 Å². The Balaban J connectivity index is 2.30. The van der Waals surface area contributed by atoms with Gasteiger partial charge in [0.1, 0.15) is 0 Å². The average Bonchev–Trinajstić information content (AvgIpc) is 2.17. The zero-order valence-electron chi connectivity index (χ0n) is 8.86. The highest BCUT2D eigenvalue weighted by Gasteiger charge is 2.23. The van der Waals surface area contributed by atoms with E-state index >= 15 is 0 Å². The summed E-state index contributed by atoms with van der Waals surface area (Å²) in [7, 11) is 0. The molecule has 2 N–H and O–H groups in total. The minimum absolute atomic E-state index is 0.0423. The highest BCUT2D eigenvalue weighted by molar-refractivity contribution is 5.79. The molecule has 0 aromatic rings. The van der Waals surface area contributed by atoms with Gasteiger partial charge in [-0.25, -0.2) is 0 Å². The quantitative estimate of drug-likeness (QED) is 0.711. The lowest BCUT2D eigenvalue weighted by atomic mass is 10.0. The van der Waals surface area contributed by atoms with Crippen molar-refractivity contribution < 1.29 is 19.4 Å². The Morgan fingerprint density at radius 1 is 1.60 bits per heavy atom. The maximum absolute atomic E-state index is 11.6. The number of nitrogens with one attached hydrogen (secondary N) is 1. The number of carboxylic acid groups (broad SMARTS) is 1. The van der Waals surface area contributed by atoms with Crippen LogP contribution in [0.1, 0.15) is 26.2 Å². The first-order chi connectivity index (χ1) is 7.09. The lowest BCUT2D eigenvalue weighted by Crippen LogP contribution is -2.41. The molecule has 1 heterocycles. The number of rotatable bonds is 4. The van der Waals surface area contributed by atoms with Crippen LogP contribution in [0.5, 0.6) is 0 Å². The summed E-state index contributed by atoms with van der Waals surface area (Å²) in [6, 6.07) is -0.322. The lowest BCUT2D eigenvalue weighted by Gasteiger charge is -2.22. The van der Waals surface area contributed by atoms with Crippen molar-refractivity contribution in [2.45, 2.75) is 32.2 Å². The van der Waals surface area contributed by atoms with Gasteiger partial charge in [-0.15, -0.1) is 0 Å². The Hall–Kier alpha value is -1.10. The molecule has 0 aliphatic carbocycles. The molecule has 1 unspecified atom stereocenters. The van der Waals surface area contributed by atoms with Gasteiger partial charge in [-0.05, 0) is 19.8 Å². The van der Waals surface area contributed by atoms with E-state index in [1.165, 1.54) is 0 Å². The maximum atomic E-state index is 11.6. The summed E-state index contributed by atoms with van der Waals surface area (Å²) in [6.07, 6.45) is 1.68. The normalized spacial score (nSPS) is 23.1. The molecule has 2 atom stereocenters. The van der Waals surface area contributed by atoms with Crippen molar-refractivity contribution in [1.82, 2.24) is 5.32 Å². The summed E-state index contributed by atoms with van der Waals surface area (Å²) in [5, 5.41) is 11.2. The van der Waals surface area contributed by atoms with Crippen LogP contribution in [0.2, 0.25) is 0 Å². The molecule has 1 aliphatic heterocycles. The first kappa shape index (κ1) is 12.0. The van der Waals surface area contributed by atoms with E-state index in [0.29, 0.717) is 13.2 Å². The Kier molecular flexibility index (Phi) is 4.55. The third kappa shape index (κ3) is 4.29. The molecule has 86 valence electrons. The lowest BCUT2D eigenvalue weighted by molar-refractivity contribution is -0.137. The van der Waals surface area contributed by atoms with Crippen molar-refractivity contribution in [1.29, 1.82) is 0 Å². The third-order valence-corrected chi connectivity index (χ3v) is 2.40. The minimum Gasteiger partial charge on any atom is -0.481 e. The van der Waals surface area contributed by atoms with E-state index in [4.69, 9.17) is 9.84 Å². The largest absolute Gasteiger partial charge is 0.481 e. The summed E-state index contributed by atoms with van der Waals surface area (Å²) in [6.45, 7) is 2.86. The molecular formula is C10H17NO4. The van der Waals surface area contributed by atoms with E-state index in [-0.39, 0.29) is 24.3 Å². The van der Waals surface area contributed by atoms with E-state index in [1.807, 2.05) is 0 Å². The van der Waals surface area contributed by atoms with E-state index in [0.717, 1.165) is 12.8 Å². The number of hydrogen-bond acceptors (Lipinski definition) is 3. The van der Waals surface area contributed by atoms with Crippen molar-refractivity contribution in [2.75, 3.05) is 13.2 Å². The van der Waals surface area contributed by atoms with Gasteiger partial charge in [0.05, 0.1) is 18.9 Å². The Morgan fingerprint density at radius 3 is 2.87 bits per heavy atom. The van der Waals surface area contributed by atoms with E-state index in [1.54, 1.807) is 6.92 Å². The summed E-state index contributed by atoms with van der Waals surface area (Å²) < 4.78 is 5.19.